The maximum atomic E-state index is 10.4. The Morgan fingerprint density at radius 1 is 1.50 bits per heavy atom. The van der Waals surface area contributed by atoms with Gasteiger partial charge >= 0.3 is 0 Å². The van der Waals surface area contributed by atoms with Crippen LogP contribution in [-0.2, 0) is 4.79 Å². The minimum Gasteiger partial charge on any atom is -0.302 e. The lowest BCUT2D eigenvalue weighted by Gasteiger charge is -2.17. The van der Waals surface area contributed by atoms with E-state index in [1.165, 1.54) is 0 Å². The number of nitrogens with zero attached hydrogens (tertiary/aromatic N) is 1. The fraction of sp³-hybridized carbons (Fsp3) is 0.875. The summed E-state index contributed by atoms with van der Waals surface area (Å²) < 4.78 is 0. The number of likely N-dealkylation sites (N-methyl/N-ethyl adjacent to an activating group) is 1. The first-order chi connectivity index (χ1) is 4.72. The molecule has 2 heteroatoms. The molecule has 0 aliphatic rings. The summed E-state index contributed by atoms with van der Waals surface area (Å²) in [5, 5.41) is 0. The van der Waals surface area contributed by atoms with E-state index < -0.39 is 0 Å². The van der Waals surface area contributed by atoms with Crippen LogP contribution in [0.15, 0.2) is 0 Å². The summed E-state index contributed by atoms with van der Waals surface area (Å²) in [4.78, 5) is 12.4. The van der Waals surface area contributed by atoms with Crippen LogP contribution >= 0.6 is 0 Å². The lowest BCUT2D eigenvalue weighted by atomic mass is 10.1. The molecule has 0 rings (SSSR count). The summed E-state index contributed by atoms with van der Waals surface area (Å²) in [6.07, 6.45) is 4.32. The van der Waals surface area contributed by atoms with Crippen molar-refractivity contribution in [2.75, 3.05) is 14.1 Å². The molecule has 2 nitrogen and oxygen atoms in total. The highest BCUT2D eigenvalue weighted by molar-refractivity contribution is 5.57. The minimum absolute atomic E-state index is 0.125. The standard InChI is InChI=1S/C8H17NO/c1-4-5-6-8(7-10)9(2)3/h7-8H,4-6H2,1-3H3/i1+1,2+1. The number of unbranched alkanes of at least 4 members (excludes halogenated alkanes) is 1. The molecule has 0 bridgehead atoms. The number of hydrogen-bond acceptors (Lipinski definition) is 2. The molecule has 0 N–H and O–H groups in total. The van der Waals surface area contributed by atoms with Gasteiger partial charge in [0.1, 0.15) is 6.29 Å². The van der Waals surface area contributed by atoms with Crippen LogP contribution in [0.25, 0.3) is 0 Å². The third-order valence-corrected chi connectivity index (χ3v) is 1.67. The van der Waals surface area contributed by atoms with Gasteiger partial charge in [0.2, 0.25) is 0 Å². The van der Waals surface area contributed by atoms with Crippen molar-refractivity contribution >= 4 is 6.29 Å². The molecule has 0 aromatic heterocycles. The Hall–Kier alpha value is -0.370. The predicted molar refractivity (Wildman–Crippen MR) is 43.1 cm³/mol. The molecule has 0 aliphatic carbocycles. The number of aldehydes is 1. The first kappa shape index (κ1) is 9.63. The molecule has 0 amide bonds. The van der Waals surface area contributed by atoms with Gasteiger partial charge in [0.25, 0.3) is 0 Å². The predicted octanol–water partition coefficient (Wildman–Crippen LogP) is 1.31. The summed E-state index contributed by atoms with van der Waals surface area (Å²) in [6, 6.07) is 0.125. The molecule has 1 unspecified atom stereocenters. The molecule has 0 aliphatic heterocycles. The van der Waals surface area contributed by atoms with Crippen LogP contribution in [0.2, 0.25) is 0 Å². The van der Waals surface area contributed by atoms with Crippen molar-refractivity contribution in [2.24, 2.45) is 0 Å². The quantitative estimate of drug-likeness (QED) is 0.429. The van der Waals surface area contributed by atoms with Crippen molar-refractivity contribution in [2.45, 2.75) is 32.2 Å². The van der Waals surface area contributed by atoms with E-state index >= 15 is 0 Å². The van der Waals surface area contributed by atoms with Gasteiger partial charge in [-0.15, -0.1) is 0 Å². The molecule has 0 aromatic rings. The Labute approximate surface area is 63.2 Å². The SMILES string of the molecule is CN([13CH3])C(C=O)CCC[13CH3]. The highest BCUT2D eigenvalue weighted by atomic mass is 16.1. The zero-order valence-corrected chi connectivity index (χ0v) is 7.13. The lowest BCUT2D eigenvalue weighted by Crippen LogP contribution is -2.28. The monoisotopic (exact) mass is 145 g/mol. The van der Waals surface area contributed by atoms with Gasteiger partial charge in [-0.2, -0.15) is 0 Å². The second-order valence-corrected chi connectivity index (χ2v) is 2.81. The van der Waals surface area contributed by atoms with E-state index in [0.717, 1.165) is 25.5 Å². The average molecular weight is 145 g/mol. The van der Waals surface area contributed by atoms with E-state index in [1.807, 2.05) is 19.0 Å². The molecule has 0 heterocycles. The van der Waals surface area contributed by atoms with Crippen molar-refractivity contribution in [1.82, 2.24) is 4.90 Å². The van der Waals surface area contributed by atoms with Gasteiger partial charge < -0.3 is 9.69 Å². The Bertz CT molecular complexity index is 91.3. The van der Waals surface area contributed by atoms with Crippen molar-refractivity contribution in [3.8, 4) is 0 Å². The van der Waals surface area contributed by atoms with Crippen molar-refractivity contribution < 1.29 is 4.79 Å². The minimum atomic E-state index is 0.125. The van der Waals surface area contributed by atoms with Crippen molar-refractivity contribution in [3.05, 3.63) is 0 Å². The maximum Gasteiger partial charge on any atom is 0.137 e. The zero-order valence-electron chi connectivity index (χ0n) is 7.13. The molecule has 0 saturated carbocycles. The summed E-state index contributed by atoms with van der Waals surface area (Å²) in [6.45, 7) is 2.14. The zero-order chi connectivity index (χ0) is 7.98. The number of hydrogen-bond donors (Lipinski definition) is 0. The van der Waals surface area contributed by atoms with E-state index in [1.54, 1.807) is 0 Å². The van der Waals surface area contributed by atoms with Gasteiger partial charge in [0, 0.05) is 0 Å². The van der Waals surface area contributed by atoms with Gasteiger partial charge in [-0.25, -0.2) is 0 Å². The fourth-order valence-corrected chi connectivity index (χ4v) is 0.861. The van der Waals surface area contributed by atoms with Gasteiger partial charge in [-0.05, 0) is 20.5 Å². The number of rotatable bonds is 5. The van der Waals surface area contributed by atoms with Crippen LogP contribution in [0.4, 0.5) is 0 Å². The molecule has 1 atom stereocenters. The first-order valence-corrected chi connectivity index (χ1v) is 3.84. The van der Waals surface area contributed by atoms with Crippen molar-refractivity contribution in [3.63, 3.8) is 0 Å². The average Bonchev–Trinajstić information content (AvgIpc) is 1.89. The molecule has 0 saturated heterocycles. The van der Waals surface area contributed by atoms with Crippen molar-refractivity contribution in [1.29, 1.82) is 0 Å². The number of carbonyl (C=O) groups excluding carboxylic acids is 1. The highest BCUT2D eigenvalue weighted by Gasteiger charge is 2.07. The normalized spacial score (nSPS) is 13.6. The van der Waals surface area contributed by atoms with E-state index in [2.05, 4.69) is 6.92 Å². The molecule has 0 aromatic carbocycles. The van der Waals surface area contributed by atoms with E-state index in [0.29, 0.717) is 0 Å². The van der Waals surface area contributed by atoms with Crippen LogP contribution in [0.5, 0.6) is 0 Å². The van der Waals surface area contributed by atoms with E-state index in [9.17, 15) is 4.79 Å². The Balaban J connectivity index is 3.50. The third-order valence-electron chi connectivity index (χ3n) is 1.67. The smallest absolute Gasteiger partial charge is 0.137 e. The Morgan fingerprint density at radius 3 is 2.40 bits per heavy atom. The summed E-state index contributed by atoms with van der Waals surface area (Å²) in [5.74, 6) is 0. The summed E-state index contributed by atoms with van der Waals surface area (Å²) in [5.41, 5.74) is 0. The van der Waals surface area contributed by atoms with E-state index in [-0.39, 0.29) is 6.04 Å². The second kappa shape index (κ2) is 5.42. The van der Waals surface area contributed by atoms with Gasteiger partial charge in [-0.3, -0.25) is 0 Å². The molecule has 10 heavy (non-hydrogen) atoms. The lowest BCUT2D eigenvalue weighted by molar-refractivity contribution is -0.111. The van der Waals surface area contributed by atoms with Crippen LogP contribution < -0.4 is 0 Å². The van der Waals surface area contributed by atoms with Gasteiger partial charge in [0.15, 0.2) is 0 Å². The first-order valence-electron chi connectivity index (χ1n) is 3.84. The van der Waals surface area contributed by atoms with Crippen LogP contribution in [-0.4, -0.2) is 31.3 Å². The van der Waals surface area contributed by atoms with E-state index in [4.69, 9.17) is 0 Å². The Kier molecular flexibility index (Phi) is 5.22. The van der Waals surface area contributed by atoms with Crippen LogP contribution in [0.3, 0.4) is 0 Å². The third kappa shape index (κ3) is 3.62. The summed E-state index contributed by atoms with van der Waals surface area (Å²) in [7, 11) is 3.88. The molecule has 0 spiro atoms. The highest BCUT2D eigenvalue weighted by Crippen LogP contribution is 2.02. The molecule has 60 valence electrons. The molecule has 0 radical (unpaired) electrons. The molecule has 0 fully saturated rings. The molecular weight excluding hydrogens is 128 g/mol. The van der Waals surface area contributed by atoms with Gasteiger partial charge in [-0.1, -0.05) is 19.8 Å². The fourth-order valence-electron chi connectivity index (χ4n) is 0.861. The maximum absolute atomic E-state index is 10.4. The largest absolute Gasteiger partial charge is 0.302 e. The van der Waals surface area contributed by atoms with Gasteiger partial charge in [0.05, 0.1) is 6.04 Å². The van der Waals surface area contributed by atoms with Crippen LogP contribution in [0.1, 0.15) is 26.2 Å². The summed E-state index contributed by atoms with van der Waals surface area (Å²) >= 11 is 0. The number of carbonyl (C=O) groups is 1. The second-order valence-electron chi connectivity index (χ2n) is 2.81. The van der Waals surface area contributed by atoms with Crippen LogP contribution in [0, 0.1) is 0 Å². The molecular formula is C8H17NO. The Morgan fingerprint density at radius 2 is 2.10 bits per heavy atom. The topological polar surface area (TPSA) is 20.3 Å².